The molecule has 25 heavy (non-hydrogen) atoms. The second-order valence-corrected chi connectivity index (χ2v) is 7.20. The summed E-state index contributed by atoms with van der Waals surface area (Å²) in [6.07, 6.45) is 0. The molecular weight excluding hydrogens is 316 g/mol. The average Bonchev–Trinajstić information content (AvgIpc) is 2.54. The zero-order valence-electron chi connectivity index (χ0n) is 15.3. The topological polar surface area (TPSA) is 64.4 Å². The zero-order valence-corrected chi connectivity index (χ0v) is 15.3. The average molecular weight is 342 g/mol. The number of nitrogens with zero attached hydrogens (tertiary/aromatic N) is 1. The molecule has 2 aromatic carbocycles. The second-order valence-electron chi connectivity index (χ2n) is 7.20. The smallest absolute Gasteiger partial charge is 0.272 e. The van der Waals surface area contributed by atoms with E-state index in [4.69, 9.17) is 4.74 Å². The van der Waals surface area contributed by atoms with E-state index in [0.29, 0.717) is 25.3 Å². The molecule has 0 atom stereocenters. The van der Waals surface area contributed by atoms with E-state index in [-0.39, 0.29) is 16.2 Å². The van der Waals surface area contributed by atoms with Crippen LogP contribution < -0.4 is 5.32 Å². The summed E-state index contributed by atoms with van der Waals surface area (Å²) in [6, 6.07) is 13.6. The van der Waals surface area contributed by atoms with E-state index in [1.165, 1.54) is 0 Å². The van der Waals surface area contributed by atoms with Crippen LogP contribution in [-0.2, 0) is 24.4 Å². The predicted molar refractivity (Wildman–Crippen MR) is 99.4 cm³/mol. The Morgan fingerprint density at radius 1 is 1.04 bits per heavy atom. The molecule has 5 nitrogen and oxygen atoms in total. The summed E-state index contributed by atoms with van der Waals surface area (Å²) in [5.41, 5.74) is 3.90. The molecule has 0 radical (unpaired) electrons. The number of nitro benzene ring substituents is 1. The van der Waals surface area contributed by atoms with Crippen LogP contribution in [0.1, 0.15) is 43.0 Å². The monoisotopic (exact) mass is 342 g/mol. The maximum absolute atomic E-state index is 11.0. The number of aryl methyl sites for hydroxylation is 1. The van der Waals surface area contributed by atoms with Gasteiger partial charge in [0.15, 0.2) is 0 Å². The summed E-state index contributed by atoms with van der Waals surface area (Å²) in [4.78, 5) is 10.7. The molecular formula is C20H26N2O3. The summed E-state index contributed by atoms with van der Waals surface area (Å²) in [7, 11) is 0. The SMILES string of the molecule is Cc1ccc(CNCc2cccc(COC(C)(C)C)c2)cc1[N+](=O)[O-]. The number of hydrogen-bond acceptors (Lipinski definition) is 4. The number of ether oxygens (including phenoxy) is 1. The summed E-state index contributed by atoms with van der Waals surface area (Å²) in [6.45, 7) is 9.74. The van der Waals surface area contributed by atoms with Gasteiger partial charge in [-0.3, -0.25) is 10.1 Å². The van der Waals surface area contributed by atoms with Crippen LogP contribution >= 0.6 is 0 Å². The third-order valence-corrected chi connectivity index (χ3v) is 3.79. The van der Waals surface area contributed by atoms with Crippen molar-refractivity contribution in [3.63, 3.8) is 0 Å². The highest BCUT2D eigenvalue weighted by Gasteiger charge is 2.11. The molecule has 0 aliphatic rings. The van der Waals surface area contributed by atoms with Crippen LogP contribution in [0.25, 0.3) is 0 Å². The Bertz CT molecular complexity index is 736. The lowest BCUT2D eigenvalue weighted by Gasteiger charge is -2.19. The van der Waals surface area contributed by atoms with Crippen molar-refractivity contribution < 1.29 is 9.66 Å². The molecule has 1 N–H and O–H groups in total. The quantitative estimate of drug-likeness (QED) is 0.594. The minimum atomic E-state index is -0.336. The van der Waals surface area contributed by atoms with Crippen molar-refractivity contribution in [2.45, 2.75) is 53.0 Å². The number of nitrogens with one attached hydrogen (secondary N) is 1. The first-order valence-electron chi connectivity index (χ1n) is 8.41. The Labute approximate surface area is 149 Å². The predicted octanol–water partition coefficient (Wildman–Crippen LogP) is 4.51. The Hall–Kier alpha value is -2.24. The molecule has 0 aliphatic heterocycles. The van der Waals surface area contributed by atoms with Crippen molar-refractivity contribution in [2.75, 3.05) is 0 Å². The van der Waals surface area contributed by atoms with Gasteiger partial charge in [-0.25, -0.2) is 0 Å². The standard InChI is InChI=1S/C20H26N2O3/c1-15-8-9-17(11-19(15)22(23)24)13-21-12-16-6-5-7-18(10-16)14-25-20(2,3)4/h5-11,21H,12-14H2,1-4H3. The van der Waals surface area contributed by atoms with Gasteiger partial charge in [-0.2, -0.15) is 0 Å². The largest absolute Gasteiger partial charge is 0.371 e. The summed E-state index contributed by atoms with van der Waals surface area (Å²) in [5.74, 6) is 0. The summed E-state index contributed by atoms with van der Waals surface area (Å²) >= 11 is 0. The van der Waals surface area contributed by atoms with Crippen molar-refractivity contribution in [1.82, 2.24) is 5.32 Å². The van der Waals surface area contributed by atoms with Crippen LogP contribution in [0.15, 0.2) is 42.5 Å². The first-order valence-corrected chi connectivity index (χ1v) is 8.41. The van der Waals surface area contributed by atoms with Crippen molar-refractivity contribution in [3.8, 4) is 0 Å². The van der Waals surface area contributed by atoms with Gasteiger partial charge in [-0.05, 0) is 44.4 Å². The lowest BCUT2D eigenvalue weighted by atomic mass is 10.1. The molecule has 5 heteroatoms. The fraction of sp³-hybridized carbons (Fsp3) is 0.400. The van der Waals surface area contributed by atoms with Gasteiger partial charge in [0.05, 0.1) is 17.1 Å². The third-order valence-electron chi connectivity index (χ3n) is 3.79. The number of benzene rings is 2. The van der Waals surface area contributed by atoms with Gasteiger partial charge in [-0.15, -0.1) is 0 Å². The van der Waals surface area contributed by atoms with E-state index in [9.17, 15) is 10.1 Å². The molecule has 2 rings (SSSR count). The molecule has 2 aromatic rings. The molecule has 0 fully saturated rings. The highest BCUT2D eigenvalue weighted by atomic mass is 16.6. The number of rotatable bonds is 7. The molecule has 134 valence electrons. The second kappa shape index (κ2) is 8.23. The van der Waals surface area contributed by atoms with E-state index in [1.54, 1.807) is 19.1 Å². The molecule has 0 amide bonds. The van der Waals surface area contributed by atoms with Crippen LogP contribution in [0.4, 0.5) is 5.69 Å². The highest BCUT2D eigenvalue weighted by Crippen LogP contribution is 2.19. The lowest BCUT2D eigenvalue weighted by Crippen LogP contribution is -2.18. The normalized spacial score (nSPS) is 11.5. The molecule has 0 unspecified atom stereocenters. The van der Waals surface area contributed by atoms with Crippen LogP contribution in [0.3, 0.4) is 0 Å². The fourth-order valence-corrected chi connectivity index (χ4v) is 2.44. The molecule has 0 heterocycles. The zero-order chi connectivity index (χ0) is 18.4. The van der Waals surface area contributed by atoms with Gasteiger partial charge >= 0.3 is 0 Å². The van der Waals surface area contributed by atoms with E-state index in [2.05, 4.69) is 23.5 Å². The highest BCUT2D eigenvalue weighted by molar-refractivity contribution is 5.42. The number of nitro groups is 1. The third kappa shape index (κ3) is 6.29. The molecule has 0 bridgehead atoms. The van der Waals surface area contributed by atoms with Crippen molar-refractivity contribution in [2.24, 2.45) is 0 Å². The van der Waals surface area contributed by atoms with Gasteiger partial charge in [0.2, 0.25) is 0 Å². The van der Waals surface area contributed by atoms with E-state index < -0.39 is 0 Å². The van der Waals surface area contributed by atoms with Gasteiger partial charge in [0, 0.05) is 24.7 Å². The summed E-state index contributed by atoms with van der Waals surface area (Å²) in [5, 5.41) is 14.4. The molecule has 0 saturated carbocycles. The Morgan fingerprint density at radius 2 is 1.68 bits per heavy atom. The molecule has 0 aromatic heterocycles. The first-order chi connectivity index (χ1) is 11.7. The van der Waals surface area contributed by atoms with Crippen molar-refractivity contribution in [3.05, 3.63) is 74.8 Å². The maximum atomic E-state index is 11.0. The first kappa shape index (κ1) is 19.1. The van der Waals surface area contributed by atoms with Crippen LogP contribution in [0.2, 0.25) is 0 Å². The van der Waals surface area contributed by atoms with E-state index in [0.717, 1.165) is 16.7 Å². The minimum absolute atomic E-state index is 0.158. The van der Waals surface area contributed by atoms with Crippen LogP contribution in [0.5, 0.6) is 0 Å². The van der Waals surface area contributed by atoms with E-state index in [1.807, 2.05) is 32.9 Å². The minimum Gasteiger partial charge on any atom is -0.371 e. The fourth-order valence-electron chi connectivity index (χ4n) is 2.44. The Kier molecular flexibility index (Phi) is 6.28. The van der Waals surface area contributed by atoms with Crippen molar-refractivity contribution >= 4 is 5.69 Å². The van der Waals surface area contributed by atoms with Gasteiger partial charge < -0.3 is 10.1 Å². The summed E-state index contributed by atoms with van der Waals surface area (Å²) < 4.78 is 5.81. The van der Waals surface area contributed by atoms with Gasteiger partial charge in [0.25, 0.3) is 5.69 Å². The van der Waals surface area contributed by atoms with Crippen molar-refractivity contribution in [1.29, 1.82) is 0 Å². The van der Waals surface area contributed by atoms with Crippen LogP contribution in [0, 0.1) is 17.0 Å². The maximum Gasteiger partial charge on any atom is 0.272 e. The Morgan fingerprint density at radius 3 is 2.32 bits per heavy atom. The molecule has 0 aliphatic carbocycles. The number of hydrogen-bond donors (Lipinski definition) is 1. The lowest BCUT2D eigenvalue weighted by molar-refractivity contribution is -0.385. The van der Waals surface area contributed by atoms with Gasteiger partial charge in [-0.1, -0.05) is 36.4 Å². The molecule has 0 spiro atoms. The van der Waals surface area contributed by atoms with Crippen LogP contribution in [-0.4, -0.2) is 10.5 Å². The Balaban J connectivity index is 1.92. The van der Waals surface area contributed by atoms with E-state index >= 15 is 0 Å². The molecule has 0 saturated heterocycles. The van der Waals surface area contributed by atoms with Gasteiger partial charge in [0.1, 0.15) is 0 Å².